The standard InChI is InChI=1S/C20H21ClN2O/c1-13-10-22-20-17(24-12-14-6-4-3-5-7-14)8-16-19(18(13)20)15(9-21)11-23(16)2/h3-8,10,15,22H,9,11-12H2,1-2H3/t15-/m1/s1. The fraction of sp³-hybridized carbons (Fsp3) is 0.300. The second-order valence-electron chi connectivity index (χ2n) is 6.54. The van der Waals surface area contributed by atoms with E-state index in [2.05, 4.69) is 48.3 Å². The van der Waals surface area contributed by atoms with E-state index in [1.54, 1.807) is 0 Å². The molecule has 3 aromatic rings. The van der Waals surface area contributed by atoms with Crippen LogP contribution in [0.25, 0.3) is 10.9 Å². The smallest absolute Gasteiger partial charge is 0.145 e. The van der Waals surface area contributed by atoms with E-state index in [1.165, 1.54) is 27.8 Å². The monoisotopic (exact) mass is 340 g/mol. The maximum Gasteiger partial charge on any atom is 0.145 e. The Morgan fingerprint density at radius 2 is 2.08 bits per heavy atom. The summed E-state index contributed by atoms with van der Waals surface area (Å²) >= 11 is 6.23. The predicted octanol–water partition coefficient (Wildman–Crippen LogP) is 4.83. The van der Waals surface area contributed by atoms with Crippen molar-refractivity contribution >= 4 is 28.2 Å². The van der Waals surface area contributed by atoms with Gasteiger partial charge in [0.15, 0.2) is 0 Å². The lowest BCUT2D eigenvalue weighted by molar-refractivity contribution is 0.309. The summed E-state index contributed by atoms with van der Waals surface area (Å²) in [4.78, 5) is 5.68. The summed E-state index contributed by atoms with van der Waals surface area (Å²) < 4.78 is 6.17. The molecule has 1 N–H and O–H groups in total. The highest BCUT2D eigenvalue weighted by Crippen LogP contribution is 2.45. The van der Waals surface area contributed by atoms with Gasteiger partial charge in [0, 0.05) is 48.7 Å². The summed E-state index contributed by atoms with van der Waals surface area (Å²) in [5, 5.41) is 1.27. The number of aromatic amines is 1. The van der Waals surface area contributed by atoms with Crippen LogP contribution in [0.2, 0.25) is 0 Å². The third-order valence-corrected chi connectivity index (χ3v) is 5.25. The van der Waals surface area contributed by atoms with Gasteiger partial charge in [0.1, 0.15) is 12.4 Å². The van der Waals surface area contributed by atoms with Crippen molar-refractivity contribution in [2.24, 2.45) is 0 Å². The summed E-state index contributed by atoms with van der Waals surface area (Å²) in [5.41, 5.74) is 6.08. The first-order chi connectivity index (χ1) is 11.7. The molecule has 0 saturated heterocycles. The van der Waals surface area contributed by atoms with E-state index < -0.39 is 0 Å². The summed E-state index contributed by atoms with van der Waals surface area (Å²) in [7, 11) is 2.13. The Kier molecular flexibility index (Phi) is 3.89. The third kappa shape index (κ3) is 2.44. The van der Waals surface area contributed by atoms with Crippen molar-refractivity contribution in [3.63, 3.8) is 0 Å². The second kappa shape index (κ2) is 6.06. The molecule has 3 nitrogen and oxygen atoms in total. The molecule has 1 aromatic heterocycles. The molecule has 1 atom stereocenters. The van der Waals surface area contributed by atoms with Crippen molar-refractivity contribution < 1.29 is 4.74 Å². The molecule has 0 amide bonds. The molecule has 4 heteroatoms. The first-order valence-electron chi connectivity index (χ1n) is 8.27. The minimum atomic E-state index is 0.367. The van der Waals surface area contributed by atoms with Crippen molar-refractivity contribution in [2.75, 3.05) is 24.4 Å². The van der Waals surface area contributed by atoms with Gasteiger partial charge in [0.05, 0.1) is 5.52 Å². The molecule has 4 rings (SSSR count). The fourth-order valence-corrected chi connectivity index (χ4v) is 3.94. The van der Waals surface area contributed by atoms with Gasteiger partial charge in [-0.3, -0.25) is 0 Å². The molecule has 0 bridgehead atoms. The van der Waals surface area contributed by atoms with Crippen molar-refractivity contribution in [3.8, 4) is 5.75 Å². The summed E-state index contributed by atoms with van der Waals surface area (Å²) in [5.74, 6) is 1.91. The molecule has 1 aliphatic heterocycles. The van der Waals surface area contributed by atoms with Crippen LogP contribution in [0.3, 0.4) is 0 Å². The van der Waals surface area contributed by atoms with Gasteiger partial charge in [-0.25, -0.2) is 0 Å². The van der Waals surface area contributed by atoms with Gasteiger partial charge in [0.25, 0.3) is 0 Å². The summed E-state index contributed by atoms with van der Waals surface area (Å²) in [6.45, 7) is 3.67. The minimum Gasteiger partial charge on any atom is -0.487 e. The number of likely N-dealkylation sites (N-methyl/N-ethyl adjacent to an activating group) is 1. The van der Waals surface area contributed by atoms with E-state index in [0.717, 1.165) is 17.8 Å². The van der Waals surface area contributed by atoms with Gasteiger partial charge in [-0.05, 0) is 23.6 Å². The molecule has 1 aliphatic rings. The Bertz CT molecular complexity index is 872. The average Bonchev–Trinajstić information content (AvgIpc) is 3.14. The average molecular weight is 341 g/mol. The van der Waals surface area contributed by atoms with E-state index in [4.69, 9.17) is 16.3 Å². The molecule has 0 unspecified atom stereocenters. The van der Waals surface area contributed by atoms with Crippen LogP contribution in [0.5, 0.6) is 5.75 Å². The Balaban J connectivity index is 1.79. The van der Waals surface area contributed by atoms with Crippen LogP contribution in [-0.2, 0) is 6.61 Å². The molecule has 0 aliphatic carbocycles. The number of hydrogen-bond donors (Lipinski definition) is 1. The van der Waals surface area contributed by atoms with E-state index in [1.807, 2.05) is 18.2 Å². The summed E-state index contributed by atoms with van der Waals surface area (Å²) in [6, 6.07) is 12.4. The SMILES string of the molecule is Cc1c[nH]c2c(OCc3ccccc3)cc3c(c12)[C@H](CCl)CN3C. The zero-order chi connectivity index (χ0) is 16.7. The highest BCUT2D eigenvalue weighted by molar-refractivity contribution is 6.18. The van der Waals surface area contributed by atoms with E-state index in [9.17, 15) is 0 Å². The molecule has 24 heavy (non-hydrogen) atoms. The number of benzene rings is 2. The molecule has 0 radical (unpaired) electrons. The quantitative estimate of drug-likeness (QED) is 0.689. The number of nitrogens with zero attached hydrogens (tertiary/aromatic N) is 1. The number of H-pyrrole nitrogens is 1. The van der Waals surface area contributed by atoms with Gasteiger partial charge in [-0.1, -0.05) is 30.3 Å². The molecule has 2 aromatic carbocycles. The molecule has 0 fully saturated rings. The lowest BCUT2D eigenvalue weighted by Gasteiger charge is -2.15. The van der Waals surface area contributed by atoms with E-state index in [-0.39, 0.29) is 0 Å². The van der Waals surface area contributed by atoms with Crippen LogP contribution in [0.4, 0.5) is 5.69 Å². The number of ether oxygens (including phenoxy) is 1. The van der Waals surface area contributed by atoms with Crippen LogP contribution in [0.1, 0.15) is 22.6 Å². The van der Waals surface area contributed by atoms with Crippen LogP contribution in [0, 0.1) is 6.92 Å². The number of anilines is 1. The normalized spacial score (nSPS) is 16.6. The highest BCUT2D eigenvalue weighted by atomic mass is 35.5. The van der Waals surface area contributed by atoms with Gasteiger partial charge in [-0.15, -0.1) is 11.6 Å². The summed E-state index contributed by atoms with van der Waals surface area (Å²) in [6.07, 6.45) is 2.06. The molecule has 2 heterocycles. The minimum absolute atomic E-state index is 0.367. The molecular weight excluding hydrogens is 320 g/mol. The van der Waals surface area contributed by atoms with Crippen LogP contribution >= 0.6 is 11.6 Å². The maximum atomic E-state index is 6.23. The van der Waals surface area contributed by atoms with Crippen LogP contribution in [0.15, 0.2) is 42.6 Å². The maximum absolute atomic E-state index is 6.23. The van der Waals surface area contributed by atoms with Crippen molar-refractivity contribution in [1.82, 2.24) is 4.98 Å². The molecular formula is C20H21ClN2O. The van der Waals surface area contributed by atoms with Crippen molar-refractivity contribution in [2.45, 2.75) is 19.4 Å². The van der Waals surface area contributed by atoms with Gasteiger partial charge in [0.2, 0.25) is 0 Å². The van der Waals surface area contributed by atoms with E-state index >= 15 is 0 Å². The predicted molar refractivity (Wildman–Crippen MR) is 101 cm³/mol. The van der Waals surface area contributed by atoms with E-state index in [0.29, 0.717) is 18.4 Å². The first-order valence-corrected chi connectivity index (χ1v) is 8.81. The van der Waals surface area contributed by atoms with Crippen LogP contribution in [-0.4, -0.2) is 24.5 Å². The van der Waals surface area contributed by atoms with Gasteiger partial charge < -0.3 is 14.6 Å². The second-order valence-corrected chi connectivity index (χ2v) is 6.84. The third-order valence-electron chi connectivity index (χ3n) is 4.87. The lowest BCUT2D eigenvalue weighted by atomic mass is 9.96. The Hall–Kier alpha value is -2.13. The molecule has 124 valence electrons. The zero-order valence-corrected chi connectivity index (χ0v) is 14.7. The van der Waals surface area contributed by atoms with Gasteiger partial charge >= 0.3 is 0 Å². The zero-order valence-electron chi connectivity index (χ0n) is 14.0. The first kappa shape index (κ1) is 15.4. The van der Waals surface area contributed by atoms with Crippen LogP contribution < -0.4 is 9.64 Å². The number of aryl methyl sites for hydroxylation is 1. The van der Waals surface area contributed by atoms with Crippen molar-refractivity contribution in [3.05, 3.63) is 59.3 Å². The molecule has 0 saturated carbocycles. The molecule has 0 spiro atoms. The fourth-order valence-electron chi connectivity index (χ4n) is 3.69. The number of nitrogens with one attached hydrogen (secondary N) is 1. The highest BCUT2D eigenvalue weighted by Gasteiger charge is 2.30. The van der Waals surface area contributed by atoms with Crippen molar-refractivity contribution in [1.29, 1.82) is 0 Å². The largest absolute Gasteiger partial charge is 0.487 e. The Morgan fingerprint density at radius 1 is 1.29 bits per heavy atom. The number of rotatable bonds is 4. The van der Waals surface area contributed by atoms with Gasteiger partial charge in [-0.2, -0.15) is 0 Å². The topological polar surface area (TPSA) is 28.3 Å². The number of alkyl halides is 1. The number of aromatic nitrogens is 1. The Labute approximate surface area is 147 Å². The Morgan fingerprint density at radius 3 is 2.83 bits per heavy atom. The number of fused-ring (bicyclic) bond motifs is 3. The lowest BCUT2D eigenvalue weighted by Crippen LogP contribution is -2.15. The number of hydrogen-bond acceptors (Lipinski definition) is 2. The number of halogens is 1.